The average Bonchev–Trinajstić information content (AvgIpc) is 2.74. The fraction of sp³-hybridized carbons (Fsp3) is 0.529. The van der Waals surface area contributed by atoms with E-state index in [1.807, 2.05) is 52.1 Å². The van der Waals surface area contributed by atoms with Gasteiger partial charge >= 0.3 is 6.09 Å². The third-order valence-electron chi connectivity index (χ3n) is 4.23. The lowest BCUT2D eigenvalue weighted by molar-refractivity contribution is -0.128. The van der Waals surface area contributed by atoms with Crippen LogP contribution in [0.25, 0.3) is 0 Å². The molecule has 2 unspecified atom stereocenters. The fourth-order valence-corrected chi connectivity index (χ4v) is 3.38. The van der Waals surface area contributed by atoms with Crippen LogP contribution in [0.1, 0.15) is 32.3 Å². The summed E-state index contributed by atoms with van der Waals surface area (Å²) in [6.45, 7) is 6.62. The molecule has 3 rings (SSSR count). The zero-order chi connectivity index (χ0) is 16.1. The lowest BCUT2D eigenvalue weighted by Crippen LogP contribution is -2.38. The van der Waals surface area contributed by atoms with Gasteiger partial charge in [0.1, 0.15) is 5.60 Å². The Morgan fingerprint density at radius 3 is 2.59 bits per heavy atom. The summed E-state index contributed by atoms with van der Waals surface area (Å²) in [6.07, 6.45) is -0.535. The molecule has 0 N–H and O–H groups in total. The highest BCUT2D eigenvalue weighted by Gasteiger charge is 2.48. The third kappa shape index (κ3) is 2.45. The molecule has 0 aliphatic carbocycles. The Bertz CT molecular complexity index is 621. The Kier molecular flexibility index (Phi) is 3.38. The van der Waals surface area contributed by atoms with Crippen LogP contribution in [0.15, 0.2) is 24.3 Å². The van der Waals surface area contributed by atoms with Gasteiger partial charge in [0.05, 0.1) is 5.92 Å². The first-order valence-electron chi connectivity index (χ1n) is 7.62. The van der Waals surface area contributed by atoms with Gasteiger partial charge in [-0.3, -0.25) is 4.79 Å². The molecule has 5 heteroatoms. The van der Waals surface area contributed by atoms with Crippen molar-refractivity contribution in [1.29, 1.82) is 0 Å². The van der Waals surface area contributed by atoms with Gasteiger partial charge in [-0.1, -0.05) is 18.2 Å². The molecule has 0 spiro atoms. The van der Waals surface area contributed by atoms with Gasteiger partial charge in [-0.15, -0.1) is 0 Å². The molecule has 1 saturated heterocycles. The molecular weight excluding hydrogens is 280 g/mol. The monoisotopic (exact) mass is 302 g/mol. The van der Waals surface area contributed by atoms with Crippen molar-refractivity contribution in [1.82, 2.24) is 4.90 Å². The Labute approximate surface area is 130 Å². The lowest BCUT2D eigenvalue weighted by atomic mass is 9.83. The number of carbonyl (C=O) groups excluding carboxylic acids is 2. The highest BCUT2D eigenvalue weighted by atomic mass is 16.6. The zero-order valence-corrected chi connectivity index (χ0v) is 13.5. The van der Waals surface area contributed by atoms with Crippen molar-refractivity contribution in [3.8, 4) is 0 Å². The Morgan fingerprint density at radius 1 is 1.23 bits per heavy atom. The van der Waals surface area contributed by atoms with Crippen molar-refractivity contribution >= 4 is 17.7 Å². The van der Waals surface area contributed by atoms with E-state index in [1.54, 1.807) is 0 Å². The van der Waals surface area contributed by atoms with Crippen molar-refractivity contribution in [3.63, 3.8) is 0 Å². The standard InChI is InChI=1S/C17H22N2O3/c1-17(2,3)22-16(21)19-10-11-9-18(4)13-8-6-5-7-12(13)14(11)15(19)20/h5-8,11,14H,9-10H2,1-4H3. The Hall–Kier alpha value is -2.04. The maximum atomic E-state index is 12.7. The second-order valence-corrected chi connectivity index (χ2v) is 7.11. The van der Waals surface area contributed by atoms with Gasteiger partial charge in [0.15, 0.2) is 0 Å². The first kappa shape index (κ1) is 14.9. The number of fused-ring (bicyclic) bond motifs is 3. The quantitative estimate of drug-likeness (QED) is 0.739. The Balaban J connectivity index is 1.89. The number of rotatable bonds is 0. The molecule has 2 atom stereocenters. The lowest BCUT2D eigenvalue weighted by Gasteiger charge is -2.34. The van der Waals surface area contributed by atoms with E-state index in [1.165, 1.54) is 4.90 Å². The molecule has 22 heavy (non-hydrogen) atoms. The highest BCUT2D eigenvalue weighted by Crippen LogP contribution is 2.43. The van der Waals surface area contributed by atoms with E-state index in [4.69, 9.17) is 4.74 Å². The number of carbonyl (C=O) groups is 2. The van der Waals surface area contributed by atoms with Crippen LogP contribution < -0.4 is 4.90 Å². The minimum atomic E-state index is -0.597. The summed E-state index contributed by atoms with van der Waals surface area (Å²) in [6, 6.07) is 7.92. The number of anilines is 1. The van der Waals surface area contributed by atoms with E-state index in [0.717, 1.165) is 17.8 Å². The highest BCUT2D eigenvalue weighted by molar-refractivity contribution is 5.99. The molecule has 1 fully saturated rings. The van der Waals surface area contributed by atoms with E-state index >= 15 is 0 Å². The molecule has 118 valence electrons. The van der Waals surface area contributed by atoms with Crippen LogP contribution in [-0.2, 0) is 9.53 Å². The van der Waals surface area contributed by atoms with Gasteiger partial charge in [0, 0.05) is 31.7 Å². The summed E-state index contributed by atoms with van der Waals surface area (Å²) in [4.78, 5) is 28.5. The fourth-order valence-electron chi connectivity index (χ4n) is 3.38. The molecule has 5 nitrogen and oxygen atoms in total. The maximum Gasteiger partial charge on any atom is 0.417 e. The third-order valence-corrected chi connectivity index (χ3v) is 4.23. The topological polar surface area (TPSA) is 49.9 Å². The molecule has 2 aliphatic heterocycles. The molecular formula is C17H22N2O3. The van der Waals surface area contributed by atoms with Gasteiger partial charge in [-0.2, -0.15) is 0 Å². The van der Waals surface area contributed by atoms with Crippen LogP contribution in [0.3, 0.4) is 0 Å². The first-order chi connectivity index (χ1) is 10.3. The van der Waals surface area contributed by atoms with Gasteiger partial charge in [-0.25, -0.2) is 9.69 Å². The Morgan fingerprint density at radius 2 is 1.91 bits per heavy atom. The molecule has 0 radical (unpaired) electrons. The molecule has 0 saturated carbocycles. The van der Waals surface area contributed by atoms with Crippen LogP contribution in [0.2, 0.25) is 0 Å². The smallest absolute Gasteiger partial charge is 0.417 e. The summed E-state index contributed by atoms with van der Waals surface area (Å²) >= 11 is 0. The van der Waals surface area contributed by atoms with Crippen molar-refractivity contribution in [2.45, 2.75) is 32.3 Å². The van der Waals surface area contributed by atoms with Crippen LogP contribution >= 0.6 is 0 Å². The van der Waals surface area contributed by atoms with Crippen LogP contribution in [0.4, 0.5) is 10.5 Å². The second kappa shape index (κ2) is 5.00. The first-order valence-corrected chi connectivity index (χ1v) is 7.62. The van der Waals surface area contributed by atoms with Crippen LogP contribution in [-0.4, -0.2) is 42.6 Å². The van der Waals surface area contributed by atoms with Crippen molar-refractivity contribution in [3.05, 3.63) is 29.8 Å². The minimum Gasteiger partial charge on any atom is -0.443 e. The zero-order valence-electron chi connectivity index (χ0n) is 13.5. The SMILES string of the molecule is CN1CC2CN(C(=O)OC(C)(C)C)C(=O)C2c2ccccc21. The molecule has 0 bridgehead atoms. The molecule has 2 aliphatic rings. The summed E-state index contributed by atoms with van der Waals surface area (Å²) in [5.41, 5.74) is 1.49. The molecule has 1 aromatic carbocycles. The van der Waals surface area contributed by atoms with Crippen molar-refractivity contribution < 1.29 is 14.3 Å². The van der Waals surface area contributed by atoms with Crippen molar-refractivity contribution in [2.75, 3.05) is 25.0 Å². The number of amides is 2. The average molecular weight is 302 g/mol. The van der Waals surface area contributed by atoms with Crippen LogP contribution in [0.5, 0.6) is 0 Å². The van der Waals surface area contributed by atoms with E-state index < -0.39 is 11.7 Å². The largest absolute Gasteiger partial charge is 0.443 e. The van der Waals surface area contributed by atoms with Crippen LogP contribution in [0, 0.1) is 5.92 Å². The van der Waals surface area contributed by atoms with Gasteiger partial charge in [0.25, 0.3) is 0 Å². The number of benzene rings is 1. The summed E-state index contributed by atoms with van der Waals surface area (Å²) in [5, 5.41) is 0. The predicted molar refractivity (Wildman–Crippen MR) is 83.9 cm³/mol. The number of likely N-dealkylation sites (tertiary alicyclic amines) is 1. The van der Waals surface area contributed by atoms with Crippen molar-refractivity contribution in [2.24, 2.45) is 5.92 Å². The number of imide groups is 1. The molecule has 2 amide bonds. The summed E-state index contributed by atoms with van der Waals surface area (Å²) < 4.78 is 5.37. The number of nitrogens with zero attached hydrogens (tertiary/aromatic N) is 2. The maximum absolute atomic E-state index is 12.7. The van der Waals surface area contributed by atoms with Gasteiger partial charge < -0.3 is 9.64 Å². The minimum absolute atomic E-state index is 0.125. The number of para-hydroxylation sites is 1. The number of ether oxygens (including phenoxy) is 1. The normalized spacial score (nSPS) is 24.1. The molecule has 0 aromatic heterocycles. The number of hydrogen-bond donors (Lipinski definition) is 0. The van der Waals surface area contributed by atoms with E-state index in [9.17, 15) is 9.59 Å². The predicted octanol–water partition coefficient (Wildman–Crippen LogP) is 2.61. The van der Waals surface area contributed by atoms with Gasteiger partial charge in [0.2, 0.25) is 5.91 Å². The van der Waals surface area contributed by atoms with E-state index in [-0.39, 0.29) is 17.7 Å². The second-order valence-electron chi connectivity index (χ2n) is 7.11. The number of hydrogen-bond acceptors (Lipinski definition) is 4. The summed E-state index contributed by atoms with van der Waals surface area (Å²) in [7, 11) is 2.02. The van der Waals surface area contributed by atoms with E-state index in [2.05, 4.69) is 4.90 Å². The molecule has 2 heterocycles. The van der Waals surface area contributed by atoms with Gasteiger partial charge in [-0.05, 0) is 32.4 Å². The molecule has 1 aromatic rings. The van der Waals surface area contributed by atoms with E-state index in [0.29, 0.717) is 6.54 Å². The summed E-state index contributed by atoms with van der Waals surface area (Å²) in [5.74, 6) is -0.250.